The summed E-state index contributed by atoms with van der Waals surface area (Å²) >= 11 is 6.00. The van der Waals surface area contributed by atoms with Crippen LogP contribution >= 0.6 is 11.6 Å². The molecule has 0 N–H and O–H groups in total. The topological polar surface area (TPSA) is 33.2 Å². The number of hydrogen-bond donors (Lipinski definition) is 0. The van der Waals surface area contributed by atoms with Gasteiger partial charge in [-0.3, -0.25) is 4.79 Å². The zero-order valence-electron chi connectivity index (χ0n) is 10.7. The summed E-state index contributed by atoms with van der Waals surface area (Å²) in [6, 6.07) is 5.72. The molecule has 1 aromatic heterocycles. The molecular formula is C14H19ClN2O. The van der Waals surface area contributed by atoms with Gasteiger partial charge in [0.05, 0.1) is 0 Å². The maximum absolute atomic E-state index is 12.5. The van der Waals surface area contributed by atoms with Crippen LogP contribution in [0.4, 0.5) is 0 Å². The summed E-state index contributed by atoms with van der Waals surface area (Å²) in [4.78, 5) is 18.7. The fourth-order valence-corrected chi connectivity index (χ4v) is 2.74. The number of carbonyl (C=O) groups excluding carboxylic acids is 1. The number of likely N-dealkylation sites (tertiary alicyclic amines) is 1. The summed E-state index contributed by atoms with van der Waals surface area (Å²) < 4.78 is 0. The van der Waals surface area contributed by atoms with Crippen molar-refractivity contribution in [2.45, 2.75) is 38.6 Å². The molecule has 0 bridgehead atoms. The van der Waals surface area contributed by atoms with Crippen molar-refractivity contribution in [3.05, 3.63) is 29.6 Å². The van der Waals surface area contributed by atoms with Crippen molar-refractivity contribution in [3.8, 4) is 0 Å². The minimum Gasteiger partial charge on any atom is -0.333 e. The number of aryl methyl sites for hydroxylation is 1. The zero-order valence-corrected chi connectivity index (χ0v) is 11.5. The molecule has 1 saturated heterocycles. The lowest BCUT2D eigenvalue weighted by molar-refractivity contribution is 0.0694. The predicted molar refractivity (Wildman–Crippen MR) is 73.0 cm³/mol. The van der Waals surface area contributed by atoms with Crippen molar-refractivity contribution < 1.29 is 4.79 Å². The number of pyridine rings is 1. The Kier molecular flexibility index (Phi) is 4.59. The summed E-state index contributed by atoms with van der Waals surface area (Å²) in [6.07, 6.45) is 4.40. The van der Waals surface area contributed by atoms with Crippen molar-refractivity contribution in [3.63, 3.8) is 0 Å². The Balaban J connectivity index is 2.19. The first kappa shape index (κ1) is 13.3. The molecule has 4 heteroatoms. The Labute approximate surface area is 113 Å². The highest BCUT2D eigenvalue weighted by Crippen LogP contribution is 2.19. The molecule has 0 aromatic carbocycles. The van der Waals surface area contributed by atoms with E-state index in [9.17, 15) is 4.79 Å². The Hall–Kier alpha value is -1.09. The third kappa shape index (κ3) is 3.02. The minimum absolute atomic E-state index is 0.0197. The van der Waals surface area contributed by atoms with Gasteiger partial charge in [0.1, 0.15) is 5.69 Å². The number of nitrogens with zero attached hydrogens (tertiary/aromatic N) is 2. The third-order valence-electron chi connectivity index (χ3n) is 3.42. The largest absolute Gasteiger partial charge is 0.333 e. The first-order valence-corrected chi connectivity index (χ1v) is 7.06. The minimum atomic E-state index is 0.0197. The monoisotopic (exact) mass is 266 g/mol. The van der Waals surface area contributed by atoms with Crippen LogP contribution in [-0.4, -0.2) is 34.3 Å². The lowest BCUT2D eigenvalue weighted by Gasteiger charge is -2.28. The van der Waals surface area contributed by atoms with E-state index >= 15 is 0 Å². The lowest BCUT2D eigenvalue weighted by Crippen LogP contribution is -2.41. The van der Waals surface area contributed by atoms with Gasteiger partial charge < -0.3 is 4.90 Å². The van der Waals surface area contributed by atoms with E-state index in [4.69, 9.17) is 11.6 Å². The highest BCUT2D eigenvalue weighted by atomic mass is 35.5. The molecule has 1 aliphatic rings. The van der Waals surface area contributed by atoms with E-state index in [0.29, 0.717) is 11.6 Å². The first-order chi connectivity index (χ1) is 8.72. The fraction of sp³-hybridized carbons (Fsp3) is 0.571. The molecule has 3 nitrogen and oxygen atoms in total. The van der Waals surface area contributed by atoms with Crippen molar-refractivity contribution in [1.29, 1.82) is 0 Å². The van der Waals surface area contributed by atoms with Gasteiger partial charge in [-0.05, 0) is 31.9 Å². The maximum Gasteiger partial charge on any atom is 0.272 e. The van der Waals surface area contributed by atoms with Crippen LogP contribution in [0.2, 0.25) is 0 Å². The SMILES string of the molecule is Cc1cccc(C(=O)N2CCCCCC2CCl)n1. The van der Waals surface area contributed by atoms with Crippen molar-refractivity contribution in [2.75, 3.05) is 12.4 Å². The molecule has 0 radical (unpaired) electrons. The number of hydrogen-bond acceptors (Lipinski definition) is 2. The van der Waals surface area contributed by atoms with E-state index in [1.54, 1.807) is 6.07 Å². The van der Waals surface area contributed by atoms with Crippen LogP contribution in [0.1, 0.15) is 41.9 Å². The third-order valence-corrected chi connectivity index (χ3v) is 3.78. The van der Waals surface area contributed by atoms with Crippen molar-refractivity contribution in [2.24, 2.45) is 0 Å². The van der Waals surface area contributed by atoms with Gasteiger partial charge in [-0.1, -0.05) is 18.9 Å². The van der Waals surface area contributed by atoms with Gasteiger partial charge in [0, 0.05) is 24.2 Å². The summed E-state index contributed by atoms with van der Waals surface area (Å²) in [5.41, 5.74) is 1.41. The normalized spacial score (nSPS) is 20.6. The smallest absolute Gasteiger partial charge is 0.272 e. The second-order valence-electron chi connectivity index (χ2n) is 4.82. The summed E-state index contributed by atoms with van der Waals surface area (Å²) in [6.45, 7) is 2.70. The lowest BCUT2D eigenvalue weighted by atomic mass is 10.1. The van der Waals surface area contributed by atoms with Gasteiger partial charge in [0.15, 0.2) is 0 Å². The van der Waals surface area contributed by atoms with Crippen LogP contribution in [0.25, 0.3) is 0 Å². The summed E-state index contributed by atoms with van der Waals surface area (Å²) in [5.74, 6) is 0.531. The molecular weight excluding hydrogens is 248 g/mol. The Morgan fingerprint density at radius 3 is 3.00 bits per heavy atom. The summed E-state index contributed by atoms with van der Waals surface area (Å²) in [7, 11) is 0. The Morgan fingerprint density at radius 2 is 2.28 bits per heavy atom. The van der Waals surface area contributed by atoms with E-state index in [1.807, 2.05) is 24.0 Å². The van der Waals surface area contributed by atoms with Crippen LogP contribution in [0.5, 0.6) is 0 Å². The molecule has 1 aliphatic heterocycles. The number of carbonyl (C=O) groups is 1. The number of aromatic nitrogens is 1. The molecule has 0 spiro atoms. The summed E-state index contributed by atoms with van der Waals surface area (Å²) in [5, 5.41) is 0. The molecule has 1 fully saturated rings. The molecule has 2 heterocycles. The number of rotatable bonds is 2. The Morgan fingerprint density at radius 1 is 1.44 bits per heavy atom. The first-order valence-electron chi connectivity index (χ1n) is 6.53. The molecule has 1 atom stereocenters. The molecule has 1 amide bonds. The van der Waals surface area contributed by atoms with Gasteiger partial charge in [-0.2, -0.15) is 0 Å². The number of halogens is 1. The maximum atomic E-state index is 12.5. The van der Waals surface area contributed by atoms with E-state index in [1.165, 1.54) is 6.42 Å². The molecule has 0 saturated carbocycles. The van der Waals surface area contributed by atoms with Gasteiger partial charge in [-0.25, -0.2) is 4.98 Å². The van der Waals surface area contributed by atoms with Gasteiger partial charge in [0.25, 0.3) is 5.91 Å². The van der Waals surface area contributed by atoms with E-state index in [0.717, 1.165) is 31.5 Å². The van der Waals surface area contributed by atoms with Gasteiger partial charge >= 0.3 is 0 Å². The second-order valence-corrected chi connectivity index (χ2v) is 5.13. The van der Waals surface area contributed by atoms with E-state index < -0.39 is 0 Å². The van der Waals surface area contributed by atoms with Crippen molar-refractivity contribution in [1.82, 2.24) is 9.88 Å². The molecule has 18 heavy (non-hydrogen) atoms. The number of alkyl halides is 1. The number of amides is 1. The standard InChI is InChI=1S/C14H19ClN2O/c1-11-6-5-8-13(16-11)14(18)17-9-4-2-3-7-12(17)10-15/h5-6,8,12H,2-4,7,9-10H2,1H3. The quantitative estimate of drug-likeness (QED) is 0.771. The molecule has 1 unspecified atom stereocenters. The molecule has 0 aliphatic carbocycles. The van der Waals surface area contributed by atoms with E-state index in [2.05, 4.69) is 4.98 Å². The van der Waals surface area contributed by atoms with Crippen LogP contribution in [0, 0.1) is 6.92 Å². The van der Waals surface area contributed by atoms with Gasteiger partial charge in [-0.15, -0.1) is 11.6 Å². The highest BCUT2D eigenvalue weighted by molar-refractivity contribution is 6.18. The Bertz CT molecular complexity index is 422. The van der Waals surface area contributed by atoms with Crippen LogP contribution in [0.3, 0.4) is 0 Å². The molecule has 2 rings (SSSR count). The fourth-order valence-electron chi connectivity index (χ4n) is 2.41. The van der Waals surface area contributed by atoms with Crippen LogP contribution < -0.4 is 0 Å². The van der Waals surface area contributed by atoms with Crippen molar-refractivity contribution >= 4 is 17.5 Å². The molecule has 98 valence electrons. The zero-order chi connectivity index (χ0) is 13.0. The molecule has 1 aromatic rings. The second kappa shape index (κ2) is 6.19. The van der Waals surface area contributed by atoms with Crippen LogP contribution in [0.15, 0.2) is 18.2 Å². The predicted octanol–water partition coefficient (Wildman–Crippen LogP) is 3.01. The van der Waals surface area contributed by atoms with Crippen LogP contribution in [-0.2, 0) is 0 Å². The van der Waals surface area contributed by atoms with Gasteiger partial charge in [0.2, 0.25) is 0 Å². The average Bonchev–Trinajstić information content (AvgIpc) is 2.62. The highest BCUT2D eigenvalue weighted by Gasteiger charge is 2.26. The average molecular weight is 267 g/mol. The van der Waals surface area contributed by atoms with E-state index in [-0.39, 0.29) is 11.9 Å².